The molecule has 0 aromatic heterocycles. The van der Waals surface area contributed by atoms with Gasteiger partial charge in [0.25, 0.3) is 0 Å². The van der Waals surface area contributed by atoms with E-state index in [4.69, 9.17) is 5.11 Å². The summed E-state index contributed by atoms with van der Waals surface area (Å²) in [5.41, 5.74) is 0. The molecule has 0 amide bonds. The summed E-state index contributed by atoms with van der Waals surface area (Å²) < 4.78 is 0. The van der Waals surface area contributed by atoms with Crippen molar-refractivity contribution in [3.8, 4) is 0 Å². The maximum absolute atomic E-state index is 8.22. The standard InChI is InChI=1S/C4H8O.C2H6/c1-3-4(2)5;1-2/h3,5H,1-2H3;1-2H3. The molecule has 0 heterocycles. The molecular formula is C6H14O. The molecule has 0 rings (SSSR count). The minimum Gasteiger partial charge on any atom is -0.513 e. The van der Waals surface area contributed by atoms with Crippen molar-refractivity contribution in [1.82, 2.24) is 0 Å². The van der Waals surface area contributed by atoms with Crippen molar-refractivity contribution in [2.75, 3.05) is 0 Å². The molecule has 0 fully saturated rings. The summed E-state index contributed by atoms with van der Waals surface area (Å²) in [7, 11) is 0. The van der Waals surface area contributed by atoms with E-state index in [0.29, 0.717) is 5.76 Å². The normalized spacial score (nSPS) is 9.43. The van der Waals surface area contributed by atoms with E-state index in [1.54, 1.807) is 19.9 Å². The van der Waals surface area contributed by atoms with Gasteiger partial charge < -0.3 is 5.11 Å². The van der Waals surface area contributed by atoms with E-state index in [-0.39, 0.29) is 0 Å². The second-order valence-electron chi connectivity index (χ2n) is 0.930. The first-order valence-corrected chi connectivity index (χ1v) is 2.59. The van der Waals surface area contributed by atoms with Crippen LogP contribution in [0.2, 0.25) is 0 Å². The first-order chi connectivity index (χ1) is 3.27. The van der Waals surface area contributed by atoms with E-state index >= 15 is 0 Å². The molecule has 0 aliphatic rings. The highest BCUT2D eigenvalue weighted by molar-refractivity contribution is 4.79. The van der Waals surface area contributed by atoms with Crippen molar-refractivity contribution in [2.24, 2.45) is 0 Å². The quantitative estimate of drug-likeness (QED) is 0.466. The van der Waals surface area contributed by atoms with Gasteiger partial charge in [-0.15, -0.1) is 0 Å². The highest BCUT2D eigenvalue weighted by atomic mass is 16.3. The zero-order valence-electron chi connectivity index (χ0n) is 5.52. The molecule has 0 aliphatic heterocycles. The average molecular weight is 102 g/mol. The minimum atomic E-state index is 0.380. The zero-order valence-corrected chi connectivity index (χ0v) is 5.52. The van der Waals surface area contributed by atoms with E-state index in [9.17, 15) is 0 Å². The van der Waals surface area contributed by atoms with Gasteiger partial charge in [-0.25, -0.2) is 0 Å². The lowest BCUT2D eigenvalue weighted by Gasteiger charge is -1.75. The van der Waals surface area contributed by atoms with Crippen molar-refractivity contribution >= 4 is 0 Å². The summed E-state index contributed by atoms with van der Waals surface area (Å²) in [5, 5.41) is 8.22. The Balaban J connectivity index is 0. The van der Waals surface area contributed by atoms with Crippen LogP contribution in [0.15, 0.2) is 11.8 Å². The molecule has 7 heavy (non-hydrogen) atoms. The van der Waals surface area contributed by atoms with Crippen LogP contribution in [0.3, 0.4) is 0 Å². The summed E-state index contributed by atoms with van der Waals surface area (Å²) >= 11 is 0. The molecule has 1 nitrogen and oxygen atoms in total. The summed E-state index contributed by atoms with van der Waals surface area (Å²) in [6, 6.07) is 0. The SMILES string of the molecule is CC.CC=C(C)O. The van der Waals surface area contributed by atoms with E-state index in [1.807, 2.05) is 13.8 Å². The molecular weight excluding hydrogens is 88.1 g/mol. The van der Waals surface area contributed by atoms with Crippen LogP contribution in [0.4, 0.5) is 0 Å². The van der Waals surface area contributed by atoms with Crippen molar-refractivity contribution in [3.05, 3.63) is 11.8 Å². The third kappa shape index (κ3) is 29.3. The fourth-order valence-corrected chi connectivity index (χ4v) is 0. The number of rotatable bonds is 0. The van der Waals surface area contributed by atoms with Gasteiger partial charge in [-0.05, 0) is 13.8 Å². The zero-order chi connectivity index (χ0) is 6.28. The number of aliphatic hydroxyl groups is 1. The van der Waals surface area contributed by atoms with Crippen LogP contribution >= 0.6 is 0 Å². The Kier molecular flexibility index (Phi) is 12.7. The Bertz CT molecular complexity index is 42.1. The Morgan fingerprint density at radius 3 is 1.57 bits per heavy atom. The maximum atomic E-state index is 8.22. The van der Waals surface area contributed by atoms with E-state index in [0.717, 1.165) is 0 Å². The Hall–Kier alpha value is -0.460. The van der Waals surface area contributed by atoms with Gasteiger partial charge in [-0.3, -0.25) is 0 Å². The molecule has 44 valence electrons. The molecule has 0 radical (unpaired) electrons. The van der Waals surface area contributed by atoms with E-state index < -0.39 is 0 Å². The lowest BCUT2D eigenvalue weighted by molar-refractivity contribution is 0.413. The Morgan fingerprint density at radius 1 is 1.43 bits per heavy atom. The third-order valence-corrected chi connectivity index (χ3v) is 0.418. The highest BCUT2D eigenvalue weighted by Crippen LogP contribution is 1.77. The van der Waals surface area contributed by atoms with Gasteiger partial charge in [-0.2, -0.15) is 0 Å². The van der Waals surface area contributed by atoms with Crippen LogP contribution in [0, 0.1) is 0 Å². The number of aliphatic hydroxyl groups excluding tert-OH is 1. The first-order valence-electron chi connectivity index (χ1n) is 2.59. The van der Waals surface area contributed by atoms with Crippen LogP contribution < -0.4 is 0 Å². The number of hydrogen-bond acceptors (Lipinski definition) is 1. The van der Waals surface area contributed by atoms with E-state index in [1.165, 1.54) is 0 Å². The van der Waals surface area contributed by atoms with Gasteiger partial charge in [0.2, 0.25) is 0 Å². The molecule has 0 atom stereocenters. The van der Waals surface area contributed by atoms with Gasteiger partial charge in [0, 0.05) is 0 Å². The number of hydrogen-bond donors (Lipinski definition) is 1. The molecule has 0 aliphatic carbocycles. The Labute approximate surface area is 45.7 Å². The smallest absolute Gasteiger partial charge is 0.0849 e. The van der Waals surface area contributed by atoms with E-state index in [2.05, 4.69) is 0 Å². The topological polar surface area (TPSA) is 20.2 Å². The highest BCUT2D eigenvalue weighted by Gasteiger charge is 1.63. The average Bonchev–Trinajstić information content (AvgIpc) is 1.73. The lowest BCUT2D eigenvalue weighted by atomic mass is 10.5. The largest absolute Gasteiger partial charge is 0.513 e. The fourth-order valence-electron chi connectivity index (χ4n) is 0. The summed E-state index contributed by atoms with van der Waals surface area (Å²) in [6.07, 6.45) is 1.64. The first kappa shape index (κ1) is 9.74. The van der Waals surface area contributed by atoms with Gasteiger partial charge >= 0.3 is 0 Å². The van der Waals surface area contributed by atoms with Gasteiger partial charge in [-0.1, -0.05) is 19.9 Å². The van der Waals surface area contributed by atoms with Crippen molar-refractivity contribution < 1.29 is 5.11 Å². The van der Waals surface area contributed by atoms with Crippen LogP contribution in [-0.2, 0) is 0 Å². The second kappa shape index (κ2) is 9.11. The van der Waals surface area contributed by atoms with Crippen molar-refractivity contribution in [1.29, 1.82) is 0 Å². The van der Waals surface area contributed by atoms with Crippen LogP contribution in [0.1, 0.15) is 27.7 Å². The monoisotopic (exact) mass is 102 g/mol. The second-order valence-corrected chi connectivity index (χ2v) is 0.930. The Morgan fingerprint density at radius 2 is 1.57 bits per heavy atom. The molecule has 0 aromatic rings. The van der Waals surface area contributed by atoms with Crippen molar-refractivity contribution in [3.63, 3.8) is 0 Å². The predicted molar refractivity (Wildman–Crippen MR) is 33.4 cm³/mol. The fraction of sp³-hybridized carbons (Fsp3) is 0.667. The van der Waals surface area contributed by atoms with Crippen LogP contribution in [-0.4, -0.2) is 5.11 Å². The molecule has 1 heteroatoms. The molecule has 1 N–H and O–H groups in total. The van der Waals surface area contributed by atoms with Crippen LogP contribution in [0.25, 0.3) is 0 Å². The predicted octanol–water partition coefficient (Wildman–Crippen LogP) is 2.49. The summed E-state index contributed by atoms with van der Waals surface area (Å²) in [4.78, 5) is 0. The van der Waals surface area contributed by atoms with Crippen LogP contribution in [0.5, 0.6) is 0 Å². The van der Waals surface area contributed by atoms with Crippen molar-refractivity contribution in [2.45, 2.75) is 27.7 Å². The van der Waals surface area contributed by atoms with Gasteiger partial charge in [0.1, 0.15) is 0 Å². The molecule has 0 unspecified atom stereocenters. The number of allylic oxidation sites excluding steroid dienone is 2. The molecule has 0 saturated heterocycles. The summed E-state index contributed by atoms with van der Waals surface area (Å²) in [5.74, 6) is 0.380. The van der Waals surface area contributed by atoms with Gasteiger partial charge in [0.15, 0.2) is 0 Å². The van der Waals surface area contributed by atoms with Gasteiger partial charge in [0.05, 0.1) is 5.76 Å². The third-order valence-electron chi connectivity index (χ3n) is 0.418. The molecule has 0 saturated carbocycles. The molecule has 0 spiro atoms. The lowest BCUT2D eigenvalue weighted by Crippen LogP contribution is -1.60. The molecule has 0 aromatic carbocycles. The summed E-state index contributed by atoms with van der Waals surface area (Å²) in [6.45, 7) is 7.43. The molecule has 0 bridgehead atoms. The maximum Gasteiger partial charge on any atom is 0.0849 e. The minimum absolute atomic E-state index is 0.380.